The Labute approximate surface area is 80.6 Å². The van der Waals surface area contributed by atoms with E-state index in [2.05, 4.69) is 13.8 Å². The number of rotatable bonds is 7. The Morgan fingerprint density at radius 2 is 1.69 bits per heavy atom. The van der Waals surface area contributed by atoms with Crippen LogP contribution in [0.3, 0.4) is 0 Å². The van der Waals surface area contributed by atoms with Crippen molar-refractivity contribution < 1.29 is 9.53 Å². The lowest BCUT2D eigenvalue weighted by atomic mass is 10.1. The molecule has 13 heavy (non-hydrogen) atoms. The molecule has 0 aromatic heterocycles. The van der Waals surface area contributed by atoms with Crippen LogP contribution in [0.5, 0.6) is 0 Å². The summed E-state index contributed by atoms with van der Waals surface area (Å²) in [5, 5.41) is 0. The van der Waals surface area contributed by atoms with Crippen LogP contribution in [0.25, 0.3) is 0 Å². The van der Waals surface area contributed by atoms with Gasteiger partial charge in [0.15, 0.2) is 0 Å². The summed E-state index contributed by atoms with van der Waals surface area (Å²) in [7, 11) is 0. The van der Waals surface area contributed by atoms with Crippen LogP contribution in [0, 0.1) is 0 Å². The van der Waals surface area contributed by atoms with E-state index in [1.165, 1.54) is 0 Å². The Bertz CT molecular complexity index is 129. The molecule has 0 saturated heterocycles. The number of hydrogen-bond acceptors (Lipinski definition) is 2. The minimum atomic E-state index is -0.641. The predicted octanol–water partition coefficient (Wildman–Crippen LogP) is 2.83. The van der Waals surface area contributed by atoms with Gasteiger partial charge in [-0.2, -0.15) is 0 Å². The third kappa shape index (κ3) is 7.62. The van der Waals surface area contributed by atoms with Crippen LogP contribution in [-0.2, 0) is 4.74 Å². The molecule has 78 valence electrons. The monoisotopic (exact) mass is 187 g/mol. The first-order chi connectivity index (χ1) is 6.20. The zero-order chi connectivity index (χ0) is 10.1. The number of amides is 1. The first-order valence-corrected chi connectivity index (χ1v) is 5.16. The molecule has 0 aliphatic carbocycles. The topological polar surface area (TPSA) is 52.3 Å². The lowest BCUT2D eigenvalue weighted by Gasteiger charge is -2.15. The summed E-state index contributed by atoms with van der Waals surface area (Å²) in [4.78, 5) is 10.5. The fourth-order valence-electron chi connectivity index (χ4n) is 1.29. The van der Waals surface area contributed by atoms with Crippen LogP contribution in [-0.4, -0.2) is 12.2 Å². The van der Waals surface area contributed by atoms with E-state index >= 15 is 0 Å². The van der Waals surface area contributed by atoms with Crippen molar-refractivity contribution in [3.63, 3.8) is 0 Å². The Kier molecular flexibility index (Phi) is 7.45. The van der Waals surface area contributed by atoms with E-state index < -0.39 is 6.09 Å². The van der Waals surface area contributed by atoms with Gasteiger partial charge in [0.2, 0.25) is 0 Å². The maximum absolute atomic E-state index is 10.5. The molecule has 3 heteroatoms. The quantitative estimate of drug-likeness (QED) is 0.666. The van der Waals surface area contributed by atoms with E-state index in [1.54, 1.807) is 0 Å². The second-order valence-corrected chi connectivity index (χ2v) is 3.34. The summed E-state index contributed by atoms with van der Waals surface area (Å²) in [5.74, 6) is 0. The number of hydrogen-bond donors (Lipinski definition) is 1. The number of carbonyl (C=O) groups is 1. The van der Waals surface area contributed by atoms with E-state index in [0.29, 0.717) is 0 Å². The molecule has 0 radical (unpaired) electrons. The van der Waals surface area contributed by atoms with Gasteiger partial charge in [0.1, 0.15) is 6.10 Å². The van der Waals surface area contributed by atoms with Crippen molar-refractivity contribution >= 4 is 6.09 Å². The summed E-state index contributed by atoms with van der Waals surface area (Å²) in [6.07, 6.45) is 5.74. The van der Waals surface area contributed by atoms with Crippen LogP contribution >= 0.6 is 0 Å². The highest BCUT2D eigenvalue weighted by atomic mass is 16.6. The van der Waals surface area contributed by atoms with E-state index in [4.69, 9.17) is 10.5 Å². The van der Waals surface area contributed by atoms with Crippen molar-refractivity contribution in [1.29, 1.82) is 0 Å². The third-order valence-corrected chi connectivity index (χ3v) is 2.04. The molecule has 2 N–H and O–H groups in total. The molecule has 0 rings (SSSR count). The Morgan fingerprint density at radius 3 is 2.00 bits per heavy atom. The molecular formula is C10H21NO2. The molecule has 0 aliphatic rings. The van der Waals surface area contributed by atoms with Gasteiger partial charge in [-0.1, -0.05) is 39.5 Å². The summed E-state index contributed by atoms with van der Waals surface area (Å²) in [6, 6.07) is 0. The SMILES string of the molecule is CCCCC(CCCC)OC(N)=O. The molecule has 3 nitrogen and oxygen atoms in total. The normalized spacial score (nSPS) is 10.4. The molecule has 0 bridgehead atoms. The van der Waals surface area contributed by atoms with Gasteiger partial charge in [0.25, 0.3) is 0 Å². The standard InChI is InChI=1S/C10H21NO2/c1-3-5-7-9(8-6-4-2)13-10(11)12/h9H,3-8H2,1-2H3,(H2,11,12). The van der Waals surface area contributed by atoms with Gasteiger partial charge in [-0.3, -0.25) is 0 Å². The maximum atomic E-state index is 10.5. The highest BCUT2D eigenvalue weighted by Gasteiger charge is 2.10. The molecule has 0 aliphatic heterocycles. The second kappa shape index (κ2) is 7.90. The molecular weight excluding hydrogens is 166 g/mol. The molecule has 0 aromatic rings. The van der Waals surface area contributed by atoms with Crippen LogP contribution in [0.1, 0.15) is 52.4 Å². The van der Waals surface area contributed by atoms with E-state index in [9.17, 15) is 4.79 Å². The van der Waals surface area contributed by atoms with Crippen LogP contribution in [0.15, 0.2) is 0 Å². The van der Waals surface area contributed by atoms with E-state index in [1.807, 2.05) is 0 Å². The molecule has 0 atom stereocenters. The smallest absolute Gasteiger partial charge is 0.404 e. The van der Waals surface area contributed by atoms with Crippen LogP contribution < -0.4 is 5.73 Å². The fourth-order valence-corrected chi connectivity index (χ4v) is 1.29. The highest BCUT2D eigenvalue weighted by molar-refractivity contribution is 5.64. The minimum Gasteiger partial charge on any atom is -0.446 e. The van der Waals surface area contributed by atoms with Crippen LogP contribution in [0.2, 0.25) is 0 Å². The average molecular weight is 187 g/mol. The van der Waals surface area contributed by atoms with Gasteiger partial charge in [0, 0.05) is 0 Å². The molecule has 0 saturated carbocycles. The summed E-state index contributed by atoms with van der Waals surface area (Å²) >= 11 is 0. The maximum Gasteiger partial charge on any atom is 0.404 e. The number of unbranched alkanes of at least 4 members (excludes halogenated alkanes) is 2. The first kappa shape index (κ1) is 12.3. The predicted molar refractivity (Wildman–Crippen MR) is 53.5 cm³/mol. The van der Waals surface area contributed by atoms with Gasteiger partial charge in [0.05, 0.1) is 0 Å². The summed E-state index contributed by atoms with van der Waals surface area (Å²) in [5.41, 5.74) is 4.98. The number of primary amides is 1. The fraction of sp³-hybridized carbons (Fsp3) is 0.900. The van der Waals surface area contributed by atoms with Gasteiger partial charge in [-0.15, -0.1) is 0 Å². The molecule has 0 unspecified atom stereocenters. The van der Waals surface area contributed by atoms with Gasteiger partial charge in [-0.05, 0) is 12.8 Å². The van der Waals surface area contributed by atoms with Gasteiger partial charge in [-0.25, -0.2) is 4.79 Å². The second-order valence-electron chi connectivity index (χ2n) is 3.34. The van der Waals surface area contributed by atoms with E-state index in [-0.39, 0.29) is 6.10 Å². The highest BCUT2D eigenvalue weighted by Crippen LogP contribution is 2.12. The lowest BCUT2D eigenvalue weighted by Crippen LogP contribution is -2.22. The Balaban J connectivity index is 3.66. The zero-order valence-electron chi connectivity index (χ0n) is 8.71. The Hall–Kier alpha value is -0.730. The first-order valence-electron chi connectivity index (χ1n) is 5.16. The third-order valence-electron chi connectivity index (χ3n) is 2.04. The van der Waals surface area contributed by atoms with Crippen molar-refractivity contribution in [2.24, 2.45) is 5.73 Å². The van der Waals surface area contributed by atoms with Crippen molar-refractivity contribution in [2.45, 2.75) is 58.5 Å². The zero-order valence-corrected chi connectivity index (χ0v) is 8.71. The van der Waals surface area contributed by atoms with Crippen molar-refractivity contribution in [3.8, 4) is 0 Å². The molecule has 0 aromatic carbocycles. The van der Waals surface area contributed by atoms with E-state index in [0.717, 1.165) is 38.5 Å². The van der Waals surface area contributed by atoms with Crippen molar-refractivity contribution in [2.75, 3.05) is 0 Å². The van der Waals surface area contributed by atoms with Crippen LogP contribution in [0.4, 0.5) is 4.79 Å². The lowest BCUT2D eigenvalue weighted by molar-refractivity contribution is 0.0929. The number of nitrogens with two attached hydrogens (primary N) is 1. The summed E-state index contributed by atoms with van der Waals surface area (Å²) in [6.45, 7) is 4.25. The number of ether oxygens (including phenoxy) is 1. The number of carbonyl (C=O) groups excluding carboxylic acids is 1. The average Bonchev–Trinajstić information content (AvgIpc) is 2.09. The molecule has 0 heterocycles. The molecule has 1 amide bonds. The van der Waals surface area contributed by atoms with Crippen molar-refractivity contribution in [1.82, 2.24) is 0 Å². The Morgan fingerprint density at radius 1 is 1.23 bits per heavy atom. The molecule has 0 fully saturated rings. The van der Waals surface area contributed by atoms with Gasteiger partial charge >= 0.3 is 6.09 Å². The summed E-state index contributed by atoms with van der Waals surface area (Å²) < 4.78 is 4.99. The minimum absolute atomic E-state index is 0.0393. The van der Waals surface area contributed by atoms with Gasteiger partial charge < -0.3 is 10.5 Å². The van der Waals surface area contributed by atoms with Crippen molar-refractivity contribution in [3.05, 3.63) is 0 Å². The largest absolute Gasteiger partial charge is 0.446 e. The molecule has 0 spiro atoms.